The Morgan fingerprint density at radius 2 is 2.29 bits per heavy atom. The van der Waals surface area contributed by atoms with E-state index < -0.39 is 10.9 Å². The van der Waals surface area contributed by atoms with Crippen molar-refractivity contribution in [1.29, 1.82) is 5.26 Å². The topological polar surface area (TPSA) is 119 Å². The van der Waals surface area contributed by atoms with E-state index >= 15 is 0 Å². The van der Waals surface area contributed by atoms with Crippen LogP contribution in [0.1, 0.15) is 11.1 Å². The molecule has 7 heteroatoms. The predicted molar refractivity (Wildman–Crippen MR) is 57.9 cm³/mol. The van der Waals surface area contributed by atoms with Gasteiger partial charge in [0, 0.05) is 6.07 Å². The van der Waals surface area contributed by atoms with Gasteiger partial charge in [0.2, 0.25) is 0 Å². The molecule has 0 saturated heterocycles. The third-order valence-electron chi connectivity index (χ3n) is 2.13. The lowest BCUT2D eigenvalue weighted by Crippen LogP contribution is -2.08. The smallest absolute Gasteiger partial charge is 0.310 e. The van der Waals surface area contributed by atoms with Crippen molar-refractivity contribution in [2.24, 2.45) is 0 Å². The van der Waals surface area contributed by atoms with Crippen LogP contribution >= 0.6 is 0 Å². The zero-order valence-electron chi connectivity index (χ0n) is 8.97. The van der Waals surface area contributed by atoms with Crippen LogP contribution in [0.15, 0.2) is 12.1 Å². The molecule has 0 spiro atoms. The number of nitrogens with two attached hydrogens (primary N) is 1. The summed E-state index contributed by atoms with van der Waals surface area (Å²) < 4.78 is 4.44. The molecular formula is C10H9N3O4. The average molecular weight is 235 g/mol. The van der Waals surface area contributed by atoms with E-state index in [0.29, 0.717) is 0 Å². The first-order valence-corrected chi connectivity index (χ1v) is 4.53. The highest BCUT2D eigenvalue weighted by Gasteiger charge is 2.19. The number of rotatable bonds is 3. The molecule has 0 amide bonds. The van der Waals surface area contributed by atoms with Crippen LogP contribution in [0.3, 0.4) is 0 Å². The first kappa shape index (κ1) is 12.4. The lowest BCUT2D eigenvalue weighted by molar-refractivity contribution is -0.384. The summed E-state index contributed by atoms with van der Waals surface area (Å²) in [7, 11) is 1.20. The Balaban J connectivity index is 3.30. The number of esters is 1. The summed E-state index contributed by atoms with van der Waals surface area (Å²) in [6.45, 7) is 0. The Bertz CT molecular complexity index is 519. The number of hydrogen-bond donors (Lipinski definition) is 1. The highest BCUT2D eigenvalue weighted by atomic mass is 16.6. The van der Waals surface area contributed by atoms with E-state index in [-0.39, 0.29) is 28.9 Å². The highest BCUT2D eigenvalue weighted by Crippen LogP contribution is 2.27. The van der Waals surface area contributed by atoms with Crippen molar-refractivity contribution in [3.8, 4) is 6.07 Å². The molecule has 88 valence electrons. The van der Waals surface area contributed by atoms with Crippen LogP contribution in [0.5, 0.6) is 0 Å². The van der Waals surface area contributed by atoms with Gasteiger partial charge in [-0.25, -0.2) is 0 Å². The Labute approximate surface area is 96.6 Å². The molecule has 1 aromatic carbocycles. The summed E-state index contributed by atoms with van der Waals surface area (Å²) in [4.78, 5) is 21.1. The minimum Gasteiger partial charge on any atom is -0.469 e. The van der Waals surface area contributed by atoms with E-state index in [1.807, 2.05) is 0 Å². The summed E-state index contributed by atoms with van der Waals surface area (Å²) in [6.07, 6.45) is -0.210. The lowest BCUT2D eigenvalue weighted by atomic mass is 10.0. The number of carbonyl (C=O) groups excluding carboxylic acids is 1. The monoisotopic (exact) mass is 235 g/mol. The van der Waals surface area contributed by atoms with E-state index in [0.717, 1.165) is 6.07 Å². The van der Waals surface area contributed by atoms with Crippen molar-refractivity contribution in [3.63, 3.8) is 0 Å². The van der Waals surface area contributed by atoms with Gasteiger partial charge in [-0.05, 0) is 11.6 Å². The molecule has 2 N–H and O–H groups in total. The Morgan fingerprint density at radius 1 is 1.65 bits per heavy atom. The number of ether oxygens (including phenoxy) is 1. The Morgan fingerprint density at radius 3 is 2.76 bits per heavy atom. The average Bonchev–Trinajstić information content (AvgIpc) is 2.31. The van der Waals surface area contributed by atoms with Gasteiger partial charge in [-0.2, -0.15) is 5.26 Å². The maximum Gasteiger partial charge on any atom is 0.310 e. The number of nitrogen functional groups attached to an aromatic ring is 1. The molecule has 0 aliphatic carbocycles. The summed E-state index contributed by atoms with van der Waals surface area (Å²) in [6, 6.07) is 4.17. The molecule has 0 unspecified atom stereocenters. The molecular weight excluding hydrogens is 226 g/mol. The minimum absolute atomic E-state index is 0.0739. The molecule has 0 saturated carbocycles. The lowest BCUT2D eigenvalue weighted by Gasteiger charge is -2.05. The SMILES string of the molecule is COC(=O)Cc1cc(C#N)cc([N+](=O)[O-])c1N. The highest BCUT2D eigenvalue weighted by molar-refractivity contribution is 5.77. The Kier molecular flexibility index (Phi) is 3.62. The maximum absolute atomic E-state index is 11.1. The quantitative estimate of drug-likeness (QED) is 0.357. The normalized spacial score (nSPS) is 9.41. The van der Waals surface area contributed by atoms with Crippen LogP contribution in [0.2, 0.25) is 0 Å². The van der Waals surface area contributed by atoms with Crippen LogP contribution < -0.4 is 5.73 Å². The number of benzene rings is 1. The van der Waals surface area contributed by atoms with Gasteiger partial charge >= 0.3 is 5.97 Å². The fourth-order valence-corrected chi connectivity index (χ4v) is 1.29. The third-order valence-corrected chi connectivity index (χ3v) is 2.13. The zero-order chi connectivity index (χ0) is 13.0. The molecule has 0 heterocycles. The standard InChI is InChI=1S/C10H9N3O4/c1-17-9(14)4-7-2-6(5-11)3-8(10(7)12)13(15)16/h2-3H,4,12H2,1H3. The summed E-state index contributed by atoms with van der Waals surface area (Å²) in [5, 5.41) is 19.4. The van der Waals surface area contributed by atoms with Crippen molar-refractivity contribution in [2.75, 3.05) is 12.8 Å². The first-order chi connectivity index (χ1) is 7.99. The van der Waals surface area contributed by atoms with Crippen LogP contribution in [-0.4, -0.2) is 18.0 Å². The molecule has 0 aliphatic rings. The first-order valence-electron chi connectivity index (χ1n) is 4.53. The molecule has 0 radical (unpaired) electrons. The minimum atomic E-state index is -0.697. The molecule has 0 bridgehead atoms. The van der Waals surface area contributed by atoms with Gasteiger partial charge in [0.25, 0.3) is 5.69 Å². The number of hydrogen-bond acceptors (Lipinski definition) is 6. The van der Waals surface area contributed by atoms with Crippen molar-refractivity contribution in [3.05, 3.63) is 33.4 Å². The van der Waals surface area contributed by atoms with Crippen molar-refractivity contribution in [1.82, 2.24) is 0 Å². The number of nitriles is 1. The van der Waals surface area contributed by atoms with E-state index in [1.54, 1.807) is 6.07 Å². The molecule has 0 atom stereocenters. The van der Waals surface area contributed by atoms with Gasteiger partial charge in [0.15, 0.2) is 0 Å². The van der Waals surface area contributed by atoms with Crippen LogP contribution in [-0.2, 0) is 16.0 Å². The number of methoxy groups -OCH3 is 1. The molecule has 1 aromatic rings. The van der Waals surface area contributed by atoms with Gasteiger partial charge < -0.3 is 10.5 Å². The number of carbonyl (C=O) groups is 1. The van der Waals surface area contributed by atoms with E-state index in [2.05, 4.69) is 4.74 Å². The molecule has 0 aliphatic heterocycles. The van der Waals surface area contributed by atoms with E-state index in [1.165, 1.54) is 13.2 Å². The number of nitrogens with zero attached hydrogens (tertiary/aromatic N) is 2. The van der Waals surface area contributed by atoms with E-state index in [4.69, 9.17) is 11.0 Å². The molecule has 17 heavy (non-hydrogen) atoms. The summed E-state index contributed by atoms with van der Waals surface area (Å²) >= 11 is 0. The zero-order valence-corrected chi connectivity index (χ0v) is 8.97. The van der Waals surface area contributed by atoms with Crippen molar-refractivity contribution >= 4 is 17.3 Å². The van der Waals surface area contributed by atoms with Crippen LogP contribution in [0.4, 0.5) is 11.4 Å². The number of anilines is 1. The van der Waals surface area contributed by atoms with Gasteiger partial charge in [0.1, 0.15) is 5.69 Å². The second-order valence-electron chi connectivity index (χ2n) is 3.19. The van der Waals surface area contributed by atoms with Gasteiger partial charge in [-0.15, -0.1) is 0 Å². The predicted octanol–water partition coefficient (Wildman–Crippen LogP) is 0.764. The largest absolute Gasteiger partial charge is 0.469 e. The molecule has 7 nitrogen and oxygen atoms in total. The van der Waals surface area contributed by atoms with Gasteiger partial charge in [0.05, 0.1) is 30.1 Å². The fraction of sp³-hybridized carbons (Fsp3) is 0.200. The van der Waals surface area contributed by atoms with Gasteiger partial charge in [-0.1, -0.05) is 0 Å². The molecule has 0 aromatic heterocycles. The fourth-order valence-electron chi connectivity index (χ4n) is 1.29. The van der Waals surface area contributed by atoms with Crippen molar-refractivity contribution < 1.29 is 14.5 Å². The van der Waals surface area contributed by atoms with Crippen molar-refractivity contribution in [2.45, 2.75) is 6.42 Å². The maximum atomic E-state index is 11.1. The van der Waals surface area contributed by atoms with E-state index in [9.17, 15) is 14.9 Å². The second kappa shape index (κ2) is 4.94. The van der Waals surface area contributed by atoms with Crippen LogP contribution in [0.25, 0.3) is 0 Å². The summed E-state index contributed by atoms with van der Waals surface area (Å²) in [5.41, 5.74) is 5.32. The third kappa shape index (κ3) is 2.69. The van der Waals surface area contributed by atoms with Gasteiger partial charge in [-0.3, -0.25) is 14.9 Å². The molecule has 0 fully saturated rings. The number of nitro groups is 1. The molecule has 1 rings (SSSR count). The Hall–Kier alpha value is -2.62. The summed E-state index contributed by atoms with van der Waals surface area (Å²) in [5.74, 6) is -0.582. The van der Waals surface area contributed by atoms with Crippen LogP contribution in [0, 0.1) is 21.4 Å². The second-order valence-corrected chi connectivity index (χ2v) is 3.19. The number of nitro benzene ring substituents is 1.